The summed E-state index contributed by atoms with van der Waals surface area (Å²) < 4.78 is 0.870. The quantitative estimate of drug-likeness (QED) is 0.481. The third kappa shape index (κ3) is 3.80. The summed E-state index contributed by atoms with van der Waals surface area (Å²) in [4.78, 5) is 15.2. The van der Waals surface area contributed by atoms with E-state index < -0.39 is 0 Å². The standard InChI is InChI=1S/C13H18IN3O3/c14-11-2-3-12(13(10-11)17(19)20)16-5-1-4-15(6-7-16)8-9-18/h2-3,10,18H,1,4-9H2. The third-order valence-corrected chi connectivity index (χ3v) is 4.15. The Hall–Kier alpha value is -0.930. The molecule has 0 unspecified atom stereocenters. The molecule has 6 nitrogen and oxygen atoms in total. The number of nitro groups is 1. The first-order valence-corrected chi connectivity index (χ1v) is 7.72. The molecule has 0 aliphatic carbocycles. The third-order valence-electron chi connectivity index (χ3n) is 3.48. The highest BCUT2D eigenvalue weighted by atomic mass is 127. The number of hydrogen-bond acceptors (Lipinski definition) is 5. The lowest BCUT2D eigenvalue weighted by Gasteiger charge is -2.23. The Morgan fingerprint density at radius 3 is 2.80 bits per heavy atom. The first-order valence-electron chi connectivity index (χ1n) is 6.64. The molecule has 1 N–H and O–H groups in total. The molecule has 2 rings (SSSR count). The van der Waals surface area contributed by atoms with Crippen molar-refractivity contribution in [3.63, 3.8) is 0 Å². The molecule has 7 heteroatoms. The highest BCUT2D eigenvalue weighted by Gasteiger charge is 2.22. The predicted octanol–water partition coefficient (Wildman–Crippen LogP) is 1.70. The van der Waals surface area contributed by atoms with Crippen LogP contribution >= 0.6 is 22.6 Å². The predicted molar refractivity (Wildman–Crippen MR) is 86.2 cm³/mol. The van der Waals surface area contributed by atoms with Crippen molar-refractivity contribution in [2.45, 2.75) is 6.42 Å². The van der Waals surface area contributed by atoms with E-state index in [2.05, 4.69) is 32.4 Å². The average Bonchev–Trinajstić information content (AvgIpc) is 2.65. The number of aliphatic hydroxyl groups excluding tert-OH is 1. The van der Waals surface area contributed by atoms with E-state index in [0.29, 0.717) is 12.2 Å². The van der Waals surface area contributed by atoms with Gasteiger partial charge < -0.3 is 10.0 Å². The van der Waals surface area contributed by atoms with Crippen molar-refractivity contribution >= 4 is 34.0 Å². The Bertz CT molecular complexity index is 484. The molecule has 0 radical (unpaired) electrons. The van der Waals surface area contributed by atoms with Crippen molar-refractivity contribution in [3.8, 4) is 0 Å². The maximum Gasteiger partial charge on any atom is 0.293 e. The number of nitro benzene ring substituents is 1. The van der Waals surface area contributed by atoms with Crippen LogP contribution < -0.4 is 4.90 Å². The minimum absolute atomic E-state index is 0.156. The van der Waals surface area contributed by atoms with E-state index in [0.717, 1.165) is 36.2 Å². The second-order valence-corrected chi connectivity index (χ2v) is 6.04. The summed E-state index contributed by atoms with van der Waals surface area (Å²) in [5.41, 5.74) is 0.869. The molecular weight excluding hydrogens is 373 g/mol. The van der Waals surface area contributed by atoms with E-state index in [-0.39, 0.29) is 17.2 Å². The zero-order valence-corrected chi connectivity index (χ0v) is 13.3. The van der Waals surface area contributed by atoms with Gasteiger partial charge in [0, 0.05) is 35.8 Å². The molecule has 0 spiro atoms. The molecule has 1 aromatic carbocycles. The Labute approximate surface area is 131 Å². The molecule has 1 aliphatic heterocycles. The lowest BCUT2D eigenvalue weighted by molar-refractivity contribution is -0.384. The smallest absolute Gasteiger partial charge is 0.293 e. The number of nitrogens with zero attached hydrogens (tertiary/aromatic N) is 3. The zero-order chi connectivity index (χ0) is 14.5. The second-order valence-electron chi connectivity index (χ2n) is 4.80. The van der Waals surface area contributed by atoms with Gasteiger partial charge in [-0.3, -0.25) is 15.0 Å². The Balaban J connectivity index is 2.17. The first-order chi connectivity index (χ1) is 9.61. The zero-order valence-electron chi connectivity index (χ0n) is 11.2. The van der Waals surface area contributed by atoms with Gasteiger partial charge in [0.15, 0.2) is 0 Å². The van der Waals surface area contributed by atoms with Crippen molar-refractivity contribution in [2.24, 2.45) is 0 Å². The van der Waals surface area contributed by atoms with Gasteiger partial charge in [-0.1, -0.05) is 0 Å². The molecular formula is C13H18IN3O3. The number of hydrogen-bond donors (Lipinski definition) is 1. The van der Waals surface area contributed by atoms with Gasteiger partial charge in [-0.15, -0.1) is 0 Å². The van der Waals surface area contributed by atoms with Gasteiger partial charge in [0.2, 0.25) is 0 Å². The molecule has 110 valence electrons. The summed E-state index contributed by atoms with van der Waals surface area (Å²) in [6, 6.07) is 5.35. The number of benzene rings is 1. The lowest BCUT2D eigenvalue weighted by atomic mass is 10.2. The normalized spacial score (nSPS) is 17.0. The molecule has 1 aromatic rings. The summed E-state index contributed by atoms with van der Waals surface area (Å²) in [6.45, 7) is 4.13. The molecule has 1 saturated heterocycles. The van der Waals surface area contributed by atoms with Crippen LogP contribution in [0.4, 0.5) is 11.4 Å². The highest BCUT2D eigenvalue weighted by Crippen LogP contribution is 2.30. The summed E-state index contributed by atoms with van der Waals surface area (Å²) in [7, 11) is 0. The Morgan fingerprint density at radius 1 is 1.30 bits per heavy atom. The van der Waals surface area contributed by atoms with Gasteiger partial charge in [0.1, 0.15) is 5.69 Å². The van der Waals surface area contributed by atoms with Crippen LogP contribution in [-0.2, 0) is 0 Å². The molecule has 0 aromatic heterocycles. The fourth-order valence-electron chi connectivity index (χ4n) is 2.49. The van der Waals surface area contributed by atoms with E-state index in [9.17, 15) is 10.1 Å². The minimum Gasteiger partial charge on any atom is -0.395 e. The largest absolute Gasteiger partial charge is 0.395 e. The molecule has 0 bridgehead atoms. The SMILES string of the molecule is O=[N+]([O-])c1cc(I)ccc1N1CCCN(CCO)CC1. The number of anilines is 1. The van der Waals surface area contributed by atoms with Crippen LogP contribution in [0.25, 0.3) is 0 Å². The van der Waals surface area contributed by atoms with Gasteiger partial charge in [0.05, 0.1) is 11.5 Å². The number of β-amino-alcohol motifs (C(OH)–C–C–N with tert-alkyl or cyclic N) is 1. The van der Waals surface area contributed by atoms with Gasteiger partial charge in [-0.05, 0) is 47.7 Å². The summed E-state index contributed by atoms with van der Waals surface area (Å²) in [5.74, 6) is 0. The fraction of sp³-hybridized carbons (Fsp3) is 0.538. The van der Waals surface area contributed by atoms with Crippen LogP contribution in [0.1, 0.15) is 6.42 Å². The van der Waals surface area contributed by atoms with Crippen LogP contribution in [0.3, 0.4) is 0 Å². The van der Waals surface area contributed by atoms with Crippen molar-refractivity contribution in [1.82, 2.24) is 4.90 Å². The number of aliphatic hydroxyl groups is 1. The number of rotatable bonds is 4. The second kappa shape index (κ2) is 7.19. The Kier molecular flexibility index (Phi) is 5.55. The fourth-order valence-corrected chi connectivity index (χ4v) is 2.96. The van der Waals surface area contributed by atoms with E-state index >= 15 is 0 Å². The maximum absolute atomic E-state index is 11.2. The monoisotopic (exact) mass is 391 g/mol. The van der Waals surface area contributed by atoms with Crippen molar-refractivity contribution in [1.29, 1.82) is 0 Å². The number of halogens is 1. The molecule has 0 saturated carbocycles. The topological polar surface area (TPSA) is 69.9 Å². The maximum atomic E-state index is 11.2. The lowest BCUT2D eigenvalue weighted by Crippen LogP contribution is -2.32. The summed E-state index contributed by atoms with van der Waals surface area (Å²) >= 11 is 2.09. The molecule has 20 heavy (non-hydrogen) atoms. The average molecular weight is 391 g/mol. The molecule has 1 heterocycles. The summed E-state index contributed by atoms with van der Waals surface area (Å²) in [5, 5.41) is 20.2. The van der Waals surface area contributed by atoms with Crippen LogP contribution in [-0.4, -0.2) is 54.3 Å². The van der Waals surface area contributed by atoms with Crippen molar-refractivity contribution in [2.75, 3.05) is 44.2 Å². The highest BCUT2D eigenvalue weighted by molar-refractivity contribution is 14.1. The van der Waals surface area contributed by atoms with Crippen LogP contribution in [0, 0.1) is 13.7 Å². The van der Waals surface area contributed by atoms with E-state index in [1.165, 1.54) is 0 Å². The van der Waals surface area contributed by atoms with Crippen LogP contribution in [0.15, 0.2) is 18.2 Å². The van der Waals surface area contributed by atoms with E-state index in [1.54, 1.807) is 6.07 Å². The van der Waals surface area contributed by atoms with Crippen LogP contribution in [0.5, 0.6) is 0 Å². The molecule has 1 fully saturated rings. The van der Waals surface area contributed by atoms with Crippen LogP contribution in [0.2, 0.25) is 0 Å². The minimum atomic E-state index is -0.312. The first kappa shape index (κ1) is 15.5. The van der Waals surface area contributed by atoms with Gasteiger partial charge in [-0.2, -0.15) is 0 Å². The van der Waals surface area contributed by atoms with Gasteiger partial charge in [-0.25, -0.2) is 0 Å². The summed E-state index contributed by atoms with van der Waals surface area (Å²) in [6.07, 6.45) is 0.948. The van der Waals surface area contributed by atoms with Gasteiger partial charge >= 0.3 is 0 Å². The van der Waals surface area contributed by atoms with Crippen molar-refractivity contribution in [3.05, 3.63) is 31.9 Å². The molecule has 1 aliphatic rings. The van der Waals surface area contributed by atoms with Gasteiger partial charge in [0.25, 0.3) is 5.69 Å². The van der Waals surface area contributed by atoms with Crippen molar-refractivity contribution < 1.29 is 10.0 Å². The van der Waals surface area contributed by atoms with E-state index in [1.807, 2.05) is 12.1 Å². The molecule has 0 amide bonds. The Morgan fingerprint density at radius 2 is 2.10 bits per heavy atom. The molecule has 0 atom stereocenters. The van der Waals surface area contributed by atoms with E-state index in [4.69, 9.17) is 5.11 Å².